The average Bonchev–Trinajstić information content (AvgIpc) is 3.22. The van der Waals surface area contributed by atoms with Crippen LogP contribution in [0.25, 0.3) is 5.69 Å². The van der Waals surface area contributed by atoms with Gasteiger partial charge in [-0.05, 0) is 61.4 Å². The normalized spacial score (nSPS) is 11.6. The van der Waals surface area contributed by atoms with E-state index in [1.54, 1.807) is 73.3 Å². The smallest absolute Gasteiger partial charge is 0.355 e. The lowest BCUT2D eigenvalue weighted by atomic mass is 10.1. The van der Waals surface area contributed by atoms with Crippen LogP contribution in [-0.4, -0.2) is 47.4 Å². The van der Waals surface area contributed by atoms with Gasteiger partial charge in [0, 0.05) is 18.3 Å². The van der Waals surface area contributed by atoms with Crippen molar-refractivity contribution in [1.82, 2.24) is 9.55 Å². The molecule has 32 heavy (non-hydrogen) atoms. The number of rotatable bonds is 9. The molecule has 0 bridgehead atoms. The van der Waals surface area contributed by atoms with E-state index >= 15 is 0 Å². The maximum absolute atomic E-state index is 13.0. The van der Waals surface area contributed by atoms with Gasteiger partial charge < -0.3 is 23.9 Å². The van der Waals surface area contributed by atoms with Crippen LogP contribution >= 0.6 is 0 Å². The van der Waals surface area contributed by atoms with E-state index in [0.29, 0.717) is 28.4 Å². The first kappa shape index (κ1) is 23.0. The van der Waals surface area contributed by atoms with Gasteiger partial charge in [-0.3, -0.25) is 9.78 Å². The van der Waals surface area contributed by atoms with Gasteiger partial charge in [0.2, 0.25) is 0 Å². The number of pyridine rings is 1. The van der Waals surface area contributed by atoms with Crippen LogP contribution in [0.15, 0.2) is 54.7 Å². The number of methoxy groups -OCH3 is 2. The van der Waals surface area contributed by atoms with Gasteiger partial charge in [-0.2, -0.15) is 0 Å². The molecular weight excluding hydrogens is 412 g/mol. The SMILES string of the molecule is CCOC(=O)c1c(CCC(=O)OC)cc(C(O)c2ccccn2)n1-c1ccc(OC)cc1. The summed E-state index contributed by atoms with van der Waals surface area (Å²) in [6, 6.07) is 14.0. The topological polar surface area (TPSA) is 99.9 Å². The van der Waals surface area contributed by atoms with E-state index in [1.807, 2.05) is 0 Å². The third-order valence-electron chi connectivity index (χ3n) is 4.98. The molecule has 0 amide bonds. The number of aliphatic hydroxyl groups excluding tert-OH is 1. The van der Waals surface area contributed by atoms with Crippen molar-refractivity contribution in [3.63, 3.8) is 0 Å². The molecule has 0 fully saturated rings. The number of hydrogen-bond donors (Lipinski definition) is 1. The zero-order valence-electron chi connectivity index (χ0n) is 18.3. The van der Waals surface area contributed by atoms with Crippen molar-refractivity contribution in [1.29, 1.82) is 0 Å². The van der Waals surface area contributed by atoms with Crippen LogP contribution in [0.4, 0.5) is 0 Å². The van der Waals surface area contributed by atoms with Crippen molar-refractivity contribution in [3.8, 4) is 11.4 Å². The van der Waals surface area contributed by atoms with Crippen molar-refractivity contribution in [2.45, 2.75) is 25.9 Å². The third kappa shape index (κ3) is 4.97. The molecule has 8 heteroatoms. The van der Waals surface area contributed by atoms with Crippen molar-refractivity contribution in [2.75, 3.05) is 20.8 Å². The zero-order valence-corrected chi connectivity index (χ0v) is 18.3. The Kier molecular flexibility index (Phi) is 7.62. The van der Waals surface area contributed by atoms with Crippen molar-refractivity contribution in [3.05, 3.63) is 77.4 Å². The summed E-state index contributed by atoms with van der Waals surface area (Å²) < 4.78 is 16.9. The molecule has 3 rings (SSSR count). The molecule has 1 atom stereocenters. The first-order valence-corrected chi connectivity index (χ1v) is 10.2. The maximum atomic E-state index is 13.0. The summed E-state index contributed by atoms with van der Waals surface area (Å²) in [7, 11) is 2.88. The second kappa shape index (κ2) is 10.6. The molecule has 2 heterocycles. The molecule has 168 valence electrons. The predicted molar refractivity (Wildman–Crippen MR) is 117 cm³/mol. The quantitative estimate of drug-likeness (QED) is 0.512. The average molecular weight is 438 g/mol. The zero-order chi connectivity index (χ0) is 23.1. The molecule has 0 spiro atoms. The van der Waals surface area contributed by atoms with Crippen molar-refractivity contribution < 1.29 is 28.9 Å². The van der Waals surface area contributed by atoms with Crippen LogP contribution in [-0.2, 0) is 20.7 Å². The first-order valence-electron chi connectivity index (χ1n) is 10.2. The van der Waals surface area contributed by atoms with Crippen LogP contribution in [0.2, 0.25) is 0 Å². The Labute approximate surface area is 186 Å². The number of esters is 2. The molecule has 0 radical (unpaired) electrons. The highest BCUT2D eigenvalue weighted by Gasteiger charge is 2.28. The predicted octanol–water partition coefficient (Wildman–Crippen LogP) is 3.24. The van der Waals surface area contributed by atoms with Gasteiger partial charge >= 0.3 is 11.9 Å². The van der Waals surface area contributed by atoms with E-state index in [2.05, 4.69) is 4.98 Å². The molecule has 1 unspecified atom stereocenters. The molecule has 8 nitrogen and oxygen atoms in total. The minimum atomic E-state index is -1.11. The summed E-state index contributed by atoms with van der Waals surface area (Å²) in [4.78, 5) is 29.0. The monoisotopic (exact) mass is 438 g/mol. The number of benzene rings is 1. The fourth-order valence-corrected chi connectivity index (χ4v) is 3.44. The highest BCUT2D eigenvalue weighted by atomic mass is 16.5. The Bertz CT molecular complexity index is 1060. The second-order valence-electron chi connectivity index (χ2n) is 6.93. The Morgan fingerprint density at radius 3 is 2.47 bits per heavy atom. The lowest BCUT2D eigenvalue weighted by Crippen LogP contribution is -2.17. The number of nitrogens with zero attached hydrogens (tertiary/aromatic N) is 2. The molecule has 1 aromatic carbocycles. The van der Waals surface area contributed by atoms with Crippen LogP contribution in [0, 0.1) is 0 Å². The Balaban J connectivity index is 2.20. The highest BCUT2D eigenvalue weighted by molar-refractivity contribution is 5.91. The largest absolute Gasteiger partial charge is 0.497 e. The second-order valence-corrected chi connectivity index (χ2v) is 6.93. The van der Waals surface area contributed by atoms with E-state index in [1.165, 1.54) is 7.11 Å². The van der Waals surface area contributed by atoms with Gasteiger partial charge in [-0.1, -0.05) is 6.07 Å². The summed E-state index contributed by atoms with van der Waals surface area (Å²) in [6.45, 7) is 1.90. The summed E-state index contributed by atoms with van der Waals surface area (Å²) >= 11 is 0. The molecular formula is C24H26N2O6. The van der Waals surface area contributed by atoms with E-state index in [4.69, 9.17) is 14.2 Å². The van der Waals surface area contributed by atoms with E-state index in [0.717, 1.165) is 0 Å². The van der Waals surface area contributed by atoms with Gasteiger partial charge in [0.1, 0.15) is 17.5 Å². The summed E-state index contributed by atoms with van der Waals surface area (Å²) in [5.41, 5.74) is 2.29. The van der Waals surface area contributed by atoms with Crippen LogP contribution in [0.5, 0.6) is 5.75 Å². The fourth-order valence-electron chi connectivity index (χ4n) is 3.44. The highest BCUT2D eigenvalue weighted by Crippen LogP contribution is 2.31. The van der Waals surface area contributed by atoms with Crippen molar-refractivity contribution in [2.24, 2.45) is 0 Å². The molecule has 0 aliphatic carbocycles. The molecule has 2 aromatic heterocycles. The van der Waals surface area contributed by atoms with Gasteiger partial charge in [-0.15, -0.1) is 0 Å². The van der Waals surface area contributed by atoms with Crippen molar-refractivity contribution >= 4 is 11.9 Å². The molecule has 0 aliphatic heterocycles. The number of carbonyl (C=O) groups is 2. The van der Waals surface area contributed by atoms with Gasteiger partial charge in [0.05, 0.1) is 32.2 Å². The Morgan fingerprint density at radius 2 is 1.88 bits per heavy atom. The number of aromatic nitrogens is 2. The maximum Gasteiger partial charge on any atom is 0.355 e. The lowest BCUT2D eigenvalue weighted by Gasteiger charge is -2.17. The number of carbonyl (C=O) groups excluding carboxylic acids is 2. The number of ether oxygens (including phenoxy) is 3. The molecule has 0 saturated carbocycles. The first-order chi connectivity index (χ1) is 15.5. The Morgan fingerprint density at radius 1 is 1.12 bits per heavy atom. The summed E-state index contributed by atoms with van der Waals surface area (Å²) in [5.74, 6) is -0.303. The third-order valence-corrected chi connectivity index (χ3v) is 4.98. The van der Waals surface area contributed by atoms with E-state index < -0.39 is 18.0 Å². The molecule has 3 aromatic rings. The lowest BCUT2D eigenvalue weighted by molar-refractivity contribution is -0.140. The molecule has 1 N–H and O–H groups in total. The van der Waals surface area contributed by atoms with E-state index in [9.17, 15) is 14.7 Å². The number of aliphatic hydroxyl groups is 1. The minimum absolute atomic E-state index is 0.0780. The Hall–Kier alpha value is -3.65. The fraction of sp³-hybridized carbons (Fsp3) is 0.292. The molecule has 0 aliphatic rings. The van der Waals surface area contributed by atoms with E-state index in [-0.39, 0.29) is 25.1 Å². The van der Waals surface area contributed by atoms with Crippen LogP contribution in [0.1, 0.15) is 46.9 Å². The van der Waals surface area contributed by atoms with Gasteiger partial charge in [-0.25, -0.2) is 4.79 Å². The number of hydrogen-bond acceptors (Lipinski definition) is 7. The standard InChI is InChI=1S/C24H26N2O6/c1-4-32-24(29)22-16(8-13-21(27)31-3)15-20(23(28)19-7-5-6-14-25-19)26(22)17-9-11-18(30-2)12-10-17/h5-7,9-12,14-15,23,28H,4,8,13H2,1-3H3. The number of aryl methyl sites for hydroxylation is 1. The van der Waals surface area contributed by atoms with Gasteiger partial charge in [0.15, 0.2) is 0 Å². The summed E-state index contributed by atoms with van der Waals surface area (Å²) in [5, 5.41) is 11.2. The van der Waals surface area contributed by atoms with Crippen LogP contribution in [0.3, 0.4) is 0 Å². The summed E-state index contributed by atoms with van der Waals surface area (Å²) in [6.07, 6.45) is 0.794. The minimum Gasteiger partial charge on any atom is -0.497 e. The molecule has 0 saturated heterocycles. The van der Waals surface area contributed by atoms with Crippen LogP contribution < -0.4 is 4.74 Å². The van der Waals surface area contributed by atoms with Gasteiger partial charge in [0.25, 0.3) is 0 Å².